The Morgan fingerprint density at radius 2 is 2.10 bits per heavy atom. The van der Waals surface area contributed by atoms with Crippen LogP contribution in [0, 0.1) is 5.92 Å². The summed E-state index contributed by atoms with van der Waals surface area (Å²) in [6.07, 6.45) is 2.84. The van der Waals surface area contributed by atoms with Crippen LogP contribution in [0.3, 0.4) is 0 Å². The van der Waals surface area contributed by atoms with Crippen LogP contribution in [0.25, 0.3) is 0 Å². The summed E-state index contributed by atoms with van der Waals surface area (Å²) >= 11 is 0. The number of hydrogen-bond donors (Lipinski definition) is 2. The number of aryl methyl sites for hydroxylation is 1. The van der Waals surface area contributed by atoms with Crippen molar-refractivity contribution >= 4 is 5.91 Å². The van der Waals surface area contributed by atoms with Gasteiger partial charge >= 0.3 is 0 Å². The monoisotopic (exact) mass is 293 g/mol. The van der Waals surface area contributed by atoms with E-state index in [2.05, 4.69) is 12.2 Å². The number of carbonyl (C=O) groups is 1. The third-order valence-electron chi connectivity index (χ3n) is 3.60. The molecule has 1 aromatic rings. The molecular weight excluding hydrogens is 266 g/mol. The fourth-order valence-corrected chi connectivity index (χ4v) is 2.23. The second-order valence-corrected chi connectivity index (χ2v) is 5.13. The maximum absolute atomic E-state index is 11.9. The van der Waals surface area contributed by atoms with Crippen LogP contribution in [0.4, 0.5) is 0 Å². The molecule has 1 amide bonds. The number of nitrogens with one attached hydrogen (secondary N) is 1. The van der Waals surface area contributed by atoms with Gasteiger partial charge < -0.3 is 15.2 Å². The molecule has 0 saturated heterocycles. The molecule has 0 spiro atoms. The number of aliphatic hydroxyl groups excluding tert-OH is 1. The van der Waals surface area contributed by atoms with Gasteiger partial charge in [0.2, 0.25) is 5.91 Å². The highest BCUT2D eigenvalue weighted by molar-refractivity contribution is 5.76. The van der Waals surface area contributed by atoms with E-state index >= 15 is 0 Å². The quantitative estimate of drug-likeness (QED) is 0.697. The molecule has 0 aromatic heterocycles. The molecule has 4 heteroatoms. The van der Waals surface area contributed by atoms with Crippen molar-refractivity contribution in [2.75, 3.05) is 19.8 Å². The van der Waals surface area contributed by atoms with Gasteiger partial charge in [0.25, 0.3) is 0 Å². The Hall–Kier alpha value is -1.55. The average molecular weight is 293 g/mol. The van der Waals surface area contributed by atoms with E-state index in [0.29, 0.717) is 31.9 Å². The number of ether oxygens (including phenoxy) is 1. The van der Waals surface area contributed by atoms with Crippen molar-refractivity contribution in [1.29, 1.82) is 0 Å². The van der Waals surface area contributed by atoms with Crippen molar-refractivity contribution in [3.63, 3.8) is 0 Å². The van der Waals surface area contributed by atoms with Gasteiger partial charge in [-0.3, -0.25) is 4.79 Å². The summed E-state index contributed by atoms with van der Waals surface area (Å²) in [6.45, 7) is 5.47. The van der Waals surface area contributed by atoms with E-state index in [1.165, 1.54) is 0 Å². The maximum atomic E-state index is 11.9. The Morgan fingerprint density at radius 1 is 1.33 bits per heavy atom. The first-order valence-corrected chi connectivity index (χ1v) is 7.79. The van der Waals surface area contributed by atoms with E-state index in [1.54, 1.807) is 0 Å². The molecule has 4 nitrogen and oxygen atoms in total. The van der Waals surface area contributed by atoms with Crippen molar-refractivity contribution in [2.45, 2.75) is 39.5 Å². The number of hydrogen-bond acceptors (Lipinski definition) is 3. The molecule has 0 aliphatic rings. The van der Waals surface area contributed by atoms with Crippen molar-refractivity contribution in [2.24, 2.45) is 5.92 Å². The van der Waals surface area contributed by atoms with E-state index < -0.39 is 0 Å². The summed E-state index contributed by atoms with van der Waals surface area (Å²) in [5, 5.41) is 11.9. The van der Waals surface area contributed by atoms with Gasteiger partial charge in [-0.2, -0.15) is 0 Å². The van der Waals surface area contributed by atoms with Gasteiger partial charge in [-0.1, -0.05) is 31.5 Å². The smallest absolute Gasteiger partial charge is 0.220 e. The lowest BCUT2D eigenvalue weighted by Gasteiger charge is -2.14. The van der Waals surface area contributed by atoms with Crippen LogP contribution in [0.5, 0.6) is 5.75 Å². The van der Waals surface area contributed by atoms with Crippen LogP contribution in [0.1, 0.15) is 38.7 Å². The number of carbonyl (C=O) groups excluding carboxylic acids is 1. The second kappa shape index (κ2) is 10.2. The molecule has 0 fully saturated rings. The normalized spacial score (nSPS) is 12.0. The average Bonchev–Trinajstić information content (AvgIpc) is 2.50. The third-order valence-corrected chi connectivity index (χ3v) is 3.60. The maximum Gasteiger partial charge on any atom is 0.220 e. The minimum atomic E-state index is 0.0534. The van der Waals surface area contributed by atoms with E-state index in [4.69, 9.17) is 9.84 Å². The van der Waals surface area contributed by atoms with Crippen molar-refractivity contribution < 1.29 is 14.6 Å². The SMILES string of the molecule is CCOc1ccccc1CCC(=O)NCC(CC)CCO. The Labute approximate surface area is 127 Å². The summed E-state index contributed by atoms with van der Waals surface area (Å²) in [5.41, 5.74) is 1.07. The molecule has 0 heterocycles. The molecule has 2 N–H and O–H groups in total. The Balaban J connectivity index is 2.39. The number of amides is 1. The highest BCUT2D eigenvalue weighted by Crippen LogP contribution is 2.19. The largest absolute Gasteiger partial charge is 0.494 e. The molecule has 1 atom stereocenters. The first kappa shape index (κ1) is 17.5. The molecule has 0 bridgehead atoms. The van der Waals surface area contributed by atoms with Crippen molar-refractivity contribution in [3.8, 4) is 5.75 Å². The van der Waals surface area contributed by atoms with Gasteiger partial charge in [0.05, 0.1) is 6.61 Å². The molecule has 1 aromatic carbocycles. The fraction of sp³-hybridized carbons (Fsp3) is 0.588. The summed E-state index contributed by atoms with van der Waals surface area (Å²) < 4.78 is 5.56. The van der Waals surface area contributed by atoms with Gasteiger partial charge in [0.1, 0.15) is 5.75 Å². The van der Waals surface area contributed by atoms with E-state index in [-0.39, 0.29) is 12.5 Å². The Kier molecular flexibility index (Phi) is 8.51. The van der Waals surface area contributed by atoms with Gasteiger partial charge in [0, 0.05) is 19.6 Å². The second-order valence-electron chi connectivity index (χ2n) is 5.13. The lowest BCUT2D eigenvalue weighted by Crippen LogP contribution is -2.29. The van der Waals surface area contributed by atoms with Crippen LogP contribution in [-0.4, -0.2) is 30.8 Å². The third kappa shape index (κ3) is 6.63. The van der Waals surface area contributed by atoms with E-state index in [1.807, 2.05) is 31.2 Å². The first-order valence-electron chi connectivity index (χ1n) is 7.79. The van der Waals surface area contributed by atoms with E-state index in [0.717, 1.165) is 24.2 Å². The topological polar surface area (TPSA) is 58.6 Å². The zero-order valence-corrected chi connectivity index (χ0v) is 13.1. The van der Waals surface area contributed by atoms with Gasteiger partial charge in [-0.05, 0) is 37.3 Å². The summed E-state index contributed by atoms with van der Waals surface area (Å²) in [5.74, 6) is 1.27. The lowest BCUT2D eigenvalue weighted by molar-refractivity contribution is -0.121. The van der Waals surface area contributed by atoms with Crippen LogP contribution in [-0.2, 0) is 11.2 Å². The van der Waals surface area contributed by atoms with Gasteiger partial charge in [-0.15, -0.1) is 0 Å². The zero-order chi connectivity index (χ0) is 15.5. The minimum Gasteiger partial charge on any atom is -0.494 e. The fourth-order valence-electron chi connectivity index (χ4n) is 2.23. The lowest BCUT2D eigenvalue weighted by atomic mass is 10.0. The predicted molar refractivity (Wildman–Crippen MR) is 84.4 cm³/mol. The summed E-state index contributed by atoms with van der Waals surface area (Å²) in [7, 11) is 0. The summed E-state index contributed by atoms with van der Waals surface area (Å²) in [4.78, 5) is 11.9. The number of para-hydroxylation sites is 1. The van der Waals surface area contributed by atoms with Crippen LogP contribution >= 0.6 is 0 Å². The first-order chi connectivity index (χ1) is 10.2. The molecule has 21 heavy (non-hydrogen) atoms. The highest BCUT2D eigenvalue weighted by atomic mass is 16.5. The van der Waals surface area contributed by atoms with Crippen LogP contribution in [0.2, 0.25) is 0 Å². The van der Waals surface area contributed by atoms with E-state index in [9.17, 15) is 4.79 Å². The molecule has 0 saturated carbocycles. The van der Waals surface area contributed by atoms with Gasteiger partial charge in [0.15, 0.2) is 0 Å². The predicted octanol–water partition coefficient (Wildman–Crippen LogP) is 2.54. The number of benzene rings is 1. The van der Waals surface area contributed by atoms with Gasteiger partial charge in [-0.25, -0.2) is 0 Å². The molecule has 0 aliphatic carbocycles. The van der Waals surface area contributed by atoms with Crippen molar-refractivity contribution in [3.05, 3.63) is 29.8 Å². The number of rotatable bonds is 10. The molecule has 1 unspecified atom stereocenters. The summed E-state index contributed by atoms with van der Waals surface area (Å²) in [6, 6.07) is 7.84. The molecule has 0 radical (unpaired) electrons. The standard InChI is InChI=1S/C17H27NO3/c1-3-14(11-12-19)13-18-17(20)10-9-15-7-5-6-8-16(15)21-4-2/h5-8,14,19H,3-4,9-13H2,1-2H3,(H,18,20). The molecule has 0 aliphatic heterocycles. The molecule has 1 rings (SSSR count). The molecule has 118 valence electrons. The van der Waals surface area contributed by atoms with Crippen molar-refractivity contribution in [1.82, 2.24) is 5.32 Å². The number of aliphatic hydroxyl groups is 1. The Morgan fingerprint density at radius 3 is 2.76 bits per heavy atom. The highest BCUT2D eigenvalue weighted by Gasteiger charge is 2.09. The Bertz CT molecular complexity index is 420. The zero-order valence-electron chi connectivity index (χ0n) is 13.1. The minimum absolute atomic E-state index is 0.0534. The van der Waals surface area contributed by atoms with Crippen LogP contribution < -0.4 is 10.1 Å². The molecular formula is C17H27NO3. The van der Waals surface area contributed by atoms with Crippen LogP contribution in [0.15, 0.2) is 24.3 Å².